The van der Waals surface area contributed by atoms with Crippen molar-refractivity contribution in [2.24, 2.45) is 0 Å². The lowest BCUT2D eigenvalue weighted by molar-refractivity contribution is -0.123. The Kier molecular flexibility index (Phi) is 5.77. The lowest BCUT2D eigenvalue weighted by Gasteiger charge is -2.29. The number of hydrogen-bond acceptors (Lipinski definition) is 3. The van der Waals surface area contributed by atoms with Gasteiger partial charge in [0.2, 0.25) is 5.91 Å². The van der Waals surface area contributed by atoms with Gasteiger partial charge in [-0.2, -0.15) is 0 Å². The molecule has 94 valence electrons. The summed E-state index contributed by atoms with van der Waals surface area (Å²) in [5.41, 5.74) is 0. The van der Waals surface area contributed by atoms with Crippen LogP contribution in [0.4, 0.5) is 0 Å². The van der Waals surface area contributed by atoms with Crippen molar-refractivity contribution < 1.29 is 9.90 Å². The molecule has 1 amide bonds. The minimum Gasteiger partial charge on any atom is -0.393 e. The second-order valence-corrected chi connectivity index (χ2v) is 4.76. The number of hydrogen-bond donors (Lipinski definition) is 2. The molecule has 0 aromatic rings. The molecule has 0 bridgehead atoms. The maximum absolute atomic E-state index is 11.7. The van der Waals surface area contributed by atoms with E-state index in [-0.39, 0.29) is 18.1 Å². The highest BCUT2D eigenvalue weighted by Crippen LogP contribution is 2.09. The number of piperidine rings is 1. The fourth-order valence-electron chi connectivity index (χ4n) is 2.11. The van der Waals surface area contributed by atoms with Crippen molar-refractivity contribution in [1.29, 1.82) is 0 Å². The summed E-state index contributed by atoms with van der Waals surface area (Å²) in [4.78, 5) is 13.8. The van der Waals surface area contributed by atoms with Crippen molar-refractivity contribution in [3.05, 3.63) is 0 Å². The molecule has 1 aliphatic heterocycles. The van der Waals surface area contributed by atoms with Crippen LogP contribution in [0.15, 0.2) is 0 Å². The second kappa shape index (κ2) is 6.86. The summed E-state index contributed by atoms with van der Waals surface area (Å²) in [6.07, 6.45) is 3.54. The van der Waals surface area contributed by atoms with Crippen LogP contribution in [-0.4, -0.2) is 47.7 Å². The molecule has 0 spiro atoms. The maximum Gasteiger partial charge on any atom is 0.234 e. The zero-order valence-electron chi connectivity index (χ0n) is 10.4. The van der Waals surface area contributed by atoms with Gasteiger partial charge in [-0.05, 0) is 26.2 Å². The fourth-order valence-corrected chi connectivity index (χ4v) is 2.11. The number of carbonyl (C=O) groups excluding carboxylic acids is 1. The number of carbonyl (C=O) groups is 1. The lowest BCUT2D eigenvalue weighted by Crippen LogP contribution is -2.44. The van der Waals surface area contributed by atoms with Crippen LogP contribution in [-0.2, 0) is 4.79 Å². The fraction of sp³-hybridized carbons (Fsp3) is 0.917. The first-order valence-corrected chi connectivity index (χ1v) is 6.31. The molecule has 0 saturated carbocycles. The quantitative estimate of drug-likeness (QED) is 0.730. The van der Waals surface area contributed by atoms with Gasteiger partial charge in [-0.3, -0.25) is 9.69 Å². The van der Waals surface area contributed by atoms with Gasteiger partial charge in [-0.1, -0.05) is 13.3 Å². The summed E-state index contributed by atoms with van der Waals surface area (Å²) < 4.78 is 0. The van der Waals surface area contributed by atoms with Gasteiger partial charge in [0.05, 0.1) is 12.6 Å². The first-order valence-electron chi connectivity index (χ1n) is 6.31. The van der Waals surface area contributed by atoms with E-state index in [9.17, 15) is 9.90 Å². The normalized spacial score (nSPS) is 20.7. The molecule has 2 N–H and O–H groups in total. The molecule has 1 saturated heterocycles. The zero-order chi connectivity index (χ0) is 12.0. The number of nitrogens with zero attached hydrogens (tertiary/aromatic N) is 1. The summed E-state index contributed by atoms with van der Waals surface area (Å²) in [5, 5.41) is 12.3. The third-order valence-electron chi connectivity index (χ3n) is 3.05. The third-order valence-corrected chi connectivity index (χ3v) is 3.05. The first kappa shape index (κ1) is 13.5. The van der Waals surface area contributed by atoms with Gasteiger partial charge in [0.15, 0.2) is 0 Å². The zero-order valence-corrected chi connectivity index (χ0v) is 10.4. The number of amides is 1. The van der Waals surface area contributed by atoms with Gasteiger partial charge in [-0.15, -0.1) is 0 Å². The molecular weight excluding hydrogens is 204 g/mol. The predicted octanol–water partition coefficient (Wildman–Crippen LogP) is 0.748. The van der Waals surface area contributed by atoms with Crippen LogP contribution in [0, 0.1) is 0 Å². The maximum atomic E-state index is 11.7. The van der Waals surface area contributed by atoms with Crippen molar-refractivity contribution in [3.8, 4) is 0 Å². The van der Waals surface area contributed by atoms with Crippen LogP contribution >= 0.6 is 0 Å². The average molecular weight is 228 g/mol. The Morgan fingerprint density at radius 2 is 2.12 bits per heavy atom. The van der Waals surface area contributed by atoms with E-state index in [0.29, 0.717) is 6.54 Å². The lowest BCUT2D eigenvalue weighted by atomic mass is 10.1. The molecule has 1 atom stereocenters. The minimum absolute atomic E-state index is 0.109. The molecule has 1 unspecified atom stereocenters. The highest BCUT2D eigenvalue weighted by Gasteiger charge is 2.19. The standard InChI is InChI=1S/C12H24N2O2/c1-3-4-10(2)13-12(16)9-14-7-5-11(15)6-8-14/h10-11,15H,3-9H2,1-2H3,(H,13,16). The van der Waals surface area contributed by atoms with Crippen LogP contribution in [0.1, 0.15) is 39.5 Å². The van der Waals surface area contributed by atoms with Crippen molar-refractivity contribution in [2.75, 3.05) is 19.6 Å². The Balaban J connectivity index is 2.18. The van der Waals surface area contributed by atoms with Gasteiger partial charge in [-0.25, -0.2) is 0 Å². The molecule has 0 aliphatic carbocycles. The van der Waals surface area contributed by atoms with E-state index < -0.39 is 0 Å². The summed E-state index contributed by atoms with van der Waals surface area (Å²) in [7, 11) is 0. The smallest absolute Gasteiger partial charge is 0.234 e. The van der Waals surface area contributed by atoms with E-state index >= 15 is 0 Å². The topological polar surface area (TPSA) is 52.6 Å². The van der Waals surface area contributed by atoms with E-state index in [1.165, 1.54) is 0 Å². The van der Waals surface area contributed by atoms with Crippen LogP contribution < -0.4 is 5.32 Å². The van der Waals surface area contributed by atoms with Gasteiger partial charge in [0.1, 0.15) is 0 Å². The predicted molar refractivity (Wildman–Crippen MR) is 64.2 cm³/mol. The Hall–Kier alpha value is -0.610. The van der Waals surface area contributed by atoms with Crippen molar-refractivity contribution in [3.63, 3.8) is 0 Å². The van der Waals surface area contributed by atoms with Crippen molar-refractivity contribution in [2.45, 2.75) is 51.7 Å². The van der Waals surface area contributed by atoms with E-state index in [0.717, 1.165) is 38.8 Å². The van der Waals surface area contributed by atoms with Crippen LogP contribution in [0.3, 0.4) is 0 Å². The largest absolute Gasteiger partial charge is 0.393 e. The van der Waals surface area contributed by atoms with Crippen LogP contribution in [0.2, 0.25) is 0 Å². The number of aliphatic hydroxyl groups excluding tert-OH is 1. The molecule has 0 radical (unpaired) electrons. The number of aliphatic hydroxyl groups is 1. The summed E-state index contributed by atoms with van der Waals surface area (Å²) in [6.45, 7) is 6.30. The summed E-state index contributed by atoms with van der Waals surface area (Å²) in [5.74, 6) is 0.109. The molecule has 4 nitrogen and oxygen atoms in total. The van der Waals surface area contributed by atoms with Gasteiger partial charge in [0.25, 0.3) is 0 Å². The van der Waals surface area contributed by atoms with Crippen LogP contribution in [0.5, 0.6) is 0 Å². The number of nitrogens with one attached hydrogen (secondary N) is 1. The molecule has 1 fully saturated rings. The Morgan fingerprint density at radius 3 is 2.69 bits per heavy atom. The monoisotopic (exact) mass is 228 g/mol. The first-order chi connectivity index (χ1) is 7.61. The van der Waals surface area contributed by atoms with Crippen molar-refractivity contribution >= 4 is 5.91 Å². The molecule has 1 rings (SSSR count). The Morgan fingerprint density at radius 1 is 1.50 bits per heavy atom. The van der Waals surface area contributed by atoms with E-state index in [1.807, 2.05) is 6.92 Å². The molecular formula is C12H24N2O2. The second-order valence-electron chi connectivity index (χ2n) is 4.76. The summed E-state index contributed by atoms with van der Waals surface area (Å²) in [6, 6.07) is 0.271. The van der Waals surface area contributed by atoms with Crippen molar-refractivity contribution in [1.82, 2.24) is 10.2 Å². The summed E-state index contributed by atoms with van der Waals surface area (Å²) >= 11 is 0. The van der Waals surface area contributed by atoms with Crippen LogP contribution in [0.25, 0.3) is 0 Å². The molecule has 0 aromatic carbocycles. The Bertz CT molecular complexity index is 213. The minimum atomic E-state index is -0.168. The number of likely N-dealkylation sites (tertiary alicyclic amines) is 1. The molecule has 0 aromatic heterocycles. The van der Waals surface area contributed by atoms with E-state index in [2.05, 4.69) is 17.1 Å². The third kappa shape index (κ3) is 4.94. The Labute approximate surface area is 98.0 Å². The molecule has 4 heteroatoms. The van der Waals surface area contributed by atoms with Gasteiger partial charge in [0, 0.05) is 19.1 Å². The number of rotatable bonds is 5. The van der Waals surface area contributed by atoms with E-state index in [1.54, 1.807) is 0 Å². The van der Waals surface area contributed by atoms with Gasteiger partial charge >= 0.3 is 0 Å². The molecule has 1 heterocycles. The van der Waals surface area contributed by atoms with Gasteiger partial charge < -0.3 is 10.4 Å². The molecule has 1 aliphatic rings. The average Bonchev–Trinajstić information content (AvgIpc) is 2.21. The molecule has 16 heavy (non-hydrogen) atoms. The SMILES string of the molecule is CCCC(C)NC(=O)CN1CCC(O)CC1. The highest BCUT2D eigenvalue weighted by atomic mass is 16.3. The van der Waals surface area contributed by atoms with E-state index in [4.69, 9.17) is 0 Å². The highest BCUT2D eigenvalue weighted by molar-refractivity contribution is 5.78.